The number of carbonyl (C=O) groups excluding carboxylic acids is 1. The molecule has 2 heterocycles. The van der Waals surface area contributed by atoms with Gasteiger partial charge in [-0.2, -0.15) is 0 Å². The minimum atomic E-state index is -3.24. The molecular weight excluding hydrogens is 278 g/mol. The molecular formula is C13H19N3O3S. The van der Waals surface area contributed by atoms with Crippen LogP contribution in [0.4, 0.5) is 0 Å². The molecule has 0 bridgehead atoms. The Kier molecular flexibility index (Phi) is 4.72. The molecule has 0 aliphatic carbocycles. The molecule has 2 rings (SSSR count). The molecule has 1 aromatic rings. The third kappa shape index (κ3) is 4.01. The predicted molar refractivity (Wildman–Crippen MR) is 75.8 cm³/mol. The van der Waals surface area contributed by atoms with Gasteiger partial charge in [-0.1, -0.05) is 0 Å². The smallest absolute Gasteiger partial charge is 0.255 e. The number of sulfonamides is 1. The SMILES string of the molecule is CS(=O)(=O)NC[C@@H]1CCCCN1C(=O)c1cccnc1. The van der Waals surface area contributed by atoms with E-state index in [4.69, 9.17) is 0 Å². The number of hydrogen-bond acceptors (Lipinski definition) is 4. The van der Waals surface area contributed by atoms with Gasteiger partial charge in [0.25, 0.3) is 5.91 Å². The highest BCUT2D eigenvalue weighted by molar-refractivity contribution is 7.88. The van der Waals surface area contributed by atoms with Gasteiger partial charge < -0.3 is 4.90 Å². The van der Waals surface area contributed by atoms with Crippen LogP contribution in [0.5, 0.6) is 0 Å². The zero-order valence-electron chi connectivity index (χ0n) is 11.4. The van der Waals surface area contributed by atoms with Crippen LogP contribution in [0, 0.1) is 0 Å². The standard InChI is InChI=1S/C13H19N3O3S/c1-20(18,19)15-10-12-6-2-3-8-16(12)13(17)11-5-4-7-14-9-11/h4-5,7,9,12,15H,2-3,6,8,10H2,1H3/t12-/m0/s1. The molecule has 1 aromatic heterocycles. The minimum absolute atomic E-state index is 0.0851. The quantitative estimate of drug-likeness (QED) is 0.884. The van der Waals surface area contributed by atoms with Crippen molar-refractivity contribution < 1.29 is 13.2 Å². The van der Waals surface area contributed by atoms with E-state index in [2.05, 4.69) is 9.71 Å². The van der Waals surface area contributed by atoms with Crippen molar-refractivity contribution in [3.63, 3.8) is 0 Å². The van der Waals surface area contributed by atoms with E-state index in [0.29, 0.717) is 12.1 Å². The summed E-state index contributed by atoms with van der Waals surface area (Å²) in [6.07, 6.45) is 7.06. The Hall–Kier alpha value is -1.47. The van der Waals surface area contributed by atoms with Crippen molar-refractivity contribution in [3.05, 3.63) is 30.1 Å². The molecule has 1 N–H and O–H groups in total. The summed E-state index contributed by atoms with van der Waals surface area (Å²) in [5.74, 6) is -0.0851. The van der Waals surface area contributed by atoms with Gasteiger partial charge in [0, 0.05) is 31.5 Å². The van der Waals surface area contributed by atoms with Crippen molar-refractivity contribution in [2.75, 3.05) is 19.3 Å². The maximum Gasteiger partial charge on any atom is 0.255 e. The van der Waals surface area contributed by atoms with Crippen LogP contribution in [-0.4, -0.2) is 49.6 Å². The zero-order chi connectivity index (χ0) is 14.6. The van der Waals surface area contributed by atoms with Gasteiger partial charge in [-0.15, -0.1) is 0 Å². The topological polar surface area (TPSA) is 79.4 Å². The normalized spacial score (nSPS) is 19.9. The lowest BCUT2D eigenvalue weighted by Gasteiger charge is -2.35. The molecule has 0 unspecified atom stereocenters. The number of piperidine rings is 1. The first-order valence-corrected chi connectivity index (χ1v) is 8.52. The molecule has 0 aromatic carbocycles. The minimum Gasteiger partial charge on any atom is -0.334 e. The summed E-state index contributed by atoms with van der Waals surface area (Å²) in [7, 11) is -3.24. The van der Waals surface area contributed by atoms with Gasteiger partial charge in [-0.25, -0.2) is 13.1 Å². The highest BCUT2D eigenvalue weighted by atomic mass is 32.2. The number of nitrogens with one attached hydrogen (secondary N) is 1. The second kappa shape index (κ2) is 6.32. The summed E-state index contributed by atoms with van der Waals surface area (Å²) in [6, 6.07) is 3.36. The first-order valence-electron chi connectivity index (χ1n) is 6.63. The number of pyridine rings is 1. The number of amides is 1. The van der Waals surface area contributed by atoms with Gasteiger partial charge in [-0.05, 0) is 31.4 Å². The van der Waals surface area contributed by atoms with Crippen molar-refractivity contribution in [3.8, 4) is 0 Å². The second-order valence-electron chi connectivity index (χ2n) is 5.01. The van der Waals surface area contributed by atoms with Crippen LogP contribution in [0.15, 0.2) is 24.5 Å². The van der Waals surface area contributed by atoms with E-state index < -0.39 is 10.0 Å². The van der Waals surface area contributed by atoms with Gasteiger partial charge >= 0.3 is 0 Å². The van der Waals surface area contributed by atoms with E-state index in [1.54, 1.807) is 23.2 Å². The second-order valence-corrected chi connectivity index (χ2v) is 6.84. The van der Waals surface area contributed by atoms with E-state index >= 15 is 0 Å². The van der Waals surface area contributed by atoms with Crippen LogP contribution in [0.1, 0.15) is 29.6 Å². The van der Waals surface area contributed by atoms with Crippen molar-refractivity contribution in [2.24, 2.45) is 0 Å². The summed E-state index contributed by atoms with van der Waals surface area (Å²) in [4.78, 5) is 18.1. The highest BCUT2D eigenvalue weighted by Gasteiger charge is 2.27. The van der Waals surface area contributed by atoms with Gasteiger partial charge in [0.2, 0.25) is 10.0 Å². The van der Waals surface area contributed by atoms with Crippen molar-refractivity contribution in [2.45, 2.75) is 25.3 Å². The van der Waals surface area contributed by atoms with Crippen molar-refractivity contribution in [1.29, 1.82) is 0 Å². The fraction of sp³-hybridized carbons (Fsp3) is 0.538. The lowest BCUT2D eigenvalue weighted by molar-refractivity contribution is 0.0618. The Morgan fingerprint density at radius 2 is 2.30 bits per heavy atom. The molecule has 7 heteroatoms. The Bertz CT molecular complexity index is 559. The number of aromatic nitrogens is 1. The first-order chi connectivity index (χ1) is 9.47. The number of likely N-dealkylation sites (tertiary alicyclic amines) is 1. The lowest BCUT2D eigenvalue weighted by atomic mass is 10.0. The molecule has 0 radical (unpaired) electrons. The van der Waals surface area contributed by atoms with Gasteiger partial charge in [-0.3, -0.25) is 9.78 Å². The highest BCUT2D eigenvalue weighted by Crippen LogP contribution is 2.19. The van der Waals surface area contributed by atoms with Crippen LogP contribution in [0.2, 0.25) is 0 Å². The average molecular weight is 297 g/mol. The van der Waals surface area contributed by atoms with Gasteiger partial charge in [0.05, 0.1) is 11.8 Å². The summed E-state index contributed by atoms with van der Waals surface area (Å²) >= 11 is 0. The predicted octanol–water partition coefficient (Wildman–Crippen LogP) is 0.625. The van der Waals surface area contributed by atoms with Crippen LogP contribution < -0.4 is 4.72 Å². The fourth-order valence-corrected chi connectivity index (χ4v) is 2.88. The largest absolute Gasteiger partial charge is 0.334 e. The van der Waals surface area contributed by atoms with Crippen molar-refractivity contribution in [1.82, 2.24) is 14.6 Å². The Morgan fingerprint density at radius 3 is 2.95 bits per heavy atom. The number of hydrogen-bond donors (Lipinski definition) is 1. The summed E-state index contributed by atoms with van der Waals surface area (Å²) in [5.41, 5.74) is 0.541. The van der Waals surface area contributed by atoms with E-state index in [1.807, 2.05) is 0 Å². The Morgan fingerprint density at radius 1 is 1.50 bits per heavy atom. The third-order valence-electron chi connectivity index (χ3n) is 3.38. The molecule has 1 atom stereocenters. The van der Waals surface area contributed by atoms with E-state index in [9.17, 15) is 13.2 Å². The monoisotopic (exact) mass is 297 g/mol. The Balaban J connectivity index is 2.09. The molecule has 0 saturated carbocycles. The lowest BCUT2D eigenvalue weighted by Crippen LogP contribution is -2.49. The first kappa shape index (κ1) is 14.9. The van der Waals surface area contributed by atoms with Crippen LogP contribution in [0.25, 0.3) is 0 Å². The van der Waals surface area contributed by atoms with Gasteiger partial charge in [0.1, 0.15) is 0 Å². The van der Waals surface area contributed by atoms with E-state index in [-0.39, 0.29) is 18.5 Å². The molecule has 20 heavy (non-hydrogen) atoms. The molecule has 110 valence electrons. The van der Waals surface area contributed by atoms with E-state index in [0.717, 1.165) is 25.5 Å². The summed E-state index contributed by atoms with van der Waals surface area (Å²) < 4.78 is 24.9. The molecule has 1 fully saturated rings. The van der Waals surface area contributed by atoms with Crippen molar-refractivity contribution >= 4 is 15.9 Å². The molecule has 1 aliphatic heterocycles. The zero-order valence-corrected chi connectivity index (χ0v) is 12.3. The summed E-state index contributed by atoms with van der Waals surface area (Å²) in [5, 5.41) is 0. The molecule has 0 spiro atoms. The van der Waals surface area contributed by atoms with Crippen LogP contribution in [-0.2, 0) is 10.0 Å². The molecule has 1 aliphatic rings. The molecule has 1 amide bonds. The van der Waals surface area contributed by atoms with Crippen LogP contribution >= 0.6 is 0 Å². The maximum atomic E-state index is 12.4. The summed E-state index contributed by atoms with van der Waals surface area (Å²) in [6.45, 7) is 0.925. The molecule has 1 saturated heterocycles. The Labute approximate surface area is 119 Å². The van der Waals surface area contributed by atoms with Gasteiger partial charge in [0.15, 0.2) is 0 Å². The number of rotatable bonds is 4. The maximum absolute atomic E-state index is 12.4. The molecule has 6 nitrogen and oxygen atoms in total. The van der Waals surface area contributed by atoms with Crippen LogP contribution in [0.3, 0.4) is 0 Å². The fourth-order valence-electron chi connectivity index (χ4n) is 2.38. The van der Waals surface area contributed by atoms with E-state index in [1.165, 1.54) is 6.20 Å². The average Bonchev–Trinajstić information content (AvgIpc) is 2.45. The number of nitrogens with zero attached hydrogens (tertiary/aromatic N) is 2. The number of carbonyl (C=O) groups is 1. The third-order valence-corrected chi connectivity index (χ3v) is 4.07.